The van der Waals surface area contributed by atoms with E-state index in [-0.39, 0.29) is 12.7 Å². The number of nitrogens with zero attached hydrogens (tertiary/aromatic N) is 3. The molecule has 0 amide bonds. The normalized spacial score (nSPS) is 23.3. The lowest BCUT2D eigenvalue weighted by Gasteiger charge is -2.37. The number of aromatic nitrogens is 2. The van der Waals surface area contributed by atoms with E-state index in [9.17, 15) is 5.11 Å². The number of benzene rings is 1. The van der Waals surface area contributed by atoms with Gasteiger partial charge in [-0.3, -0.25) is 4.90 Å². The summed E-state index contributed by atoms with van der Waals surface area (Å²) in [7, 11) is 0. The van der Waals surface area contributed by atoms with Crippen molar-refractivity contribution < 1.29 is 9.84 Å². The molecule has 0 saturated carbocycles. The Hall–Kier alpha value is -1.69. The quantitative estimate of drug-likeness (QED) is 0.925. The third kappa shape index (κ3) is 3.32. The fraction of sp³-hybridized carbons (Fsp3) is 0.438. The Morgan fingerprint density at radius 1 is 1.33 bits per heavy atom. The largest absolute Gasteiger partial charge is 0.394 e. The van der Waals surface area contributed by atoms with Crippen molar-refractivity contribution in [1.82, 2.24) is 14.5 Å². The molecule has 1 saturated heterocycles. The minimum atomic E-state index is -0.0635. The summed E-state index contributed by atoms with van der Waals surface area (Å²) in [6, 6.07) is 8.87. The molecule has 2 heterocycles. The van der Waals surface area contributed by atoms with Gasteiger partial charge in [-0.1, -0.05) is 12.1 Å². The van der Waals surface area contributed by atoms with Gasteiger partial charge in [0.15, 0.2) is 0 Å². The summed E-state index contributed by atoms with van der Waals surface area (Å²) in [5.74, 6) is 0. The van der Waals surface area contributed by atoms with Gasteiger partial charge >= 0.3 is 0 Å². The number of aliphatic hydroxyl groups is 1. The van der Waals surface area contributed by atoms with Crippen LogP contribution in [0.25, 0.3) is 5.69 Å². The first-order chi connectivity index (χ1) is 10.3. The van der Waals surface area contributed by atoms with E-state index in [4.69, 9.17) is 4.74 Å². The summed E-state index contributed by atoms with van der Waals surface area (Å²) in [6.07, 6.45) is 5.44. The van der Waals surface area contributed by atoms with Crippen LogP contribution in [-0.4, -0.2) is 51.5 Å². The van der Waals surface area contributed by atoms with E-state index in [0.717, 1.165) is 18.8 Å². The van der Waals surface area contributed by atoms with Crippen LogP contribution in [0.15, 0.2) is 43.0 Å². The molecule has 0 aliphatic carbocycles. The molecular formula is C16H21N3O2. The third-order valence-corrected chi connectivity index (χ3v) is 3.96. The Bertz CT molecular complexity index is 553. The minimum Gasteiger partial charge on any atom is -0.394 e. The lowest BCUT2D eigenvalue weighted by Crippen LogP contribution is -2.48. The second kappa shape index (κ2) is 6.39. The maximum atomic E-state index is 9.24. The Kier molecular flexibility index (Phi) is 4.34. The van der Waals surface area contributed by atoms with E-state index < -0.39 is 0 Å². The van der Waals surface area contributed by atoms with Crippen molar-refractivity contribution in [1.29, 1.82) is 0 Å². The highest BCUT2D eigenvalue weighted by atomic mass is 16.5. The molecule has 5 nitrogen and oxygen atoms in total. The lowest BCUT2D eigenvalue weighted by atomic mass is 10.1. The van der Waals surface area contributed by atoms with Crippen molar-refractivity contribution >= 4 is 0 Å². The summed E-state index contributed by atoms with van der Waals surface area (Å²) in [6.45, 7) is 4.58. The molecular weight excluding hydrogens is 266 g/mol. The minimum absolute atomic E-state index is 0.0635. The van der Waals surface area contributed by atoms with Crippen molar-refractivity contribution in [3.05, 3.63) is 48.5 Å². The number of hydrogen-bond donors (Lipinski definition) is 1. The van der Waals surface area contributed by atoms with Gasteiger partial charge in [-0.05, 0) is 24.6 Å². The fourth-order valence-electron chi connectivity index (χ4n) is 2.63. The highest BCUT2D eigenvalue weighted by Crippen LogP contribution is 2.17. The standard InChI is InChI=1S/C16H21N3O2/c1-13-11-21-16(10-20)9-19(13)8-14-2-4-15(5-3-14)18-7-6-17-12-18/h2-7,12-13,16,20H,8-11H2,1H3. The van der Waals surface area contributed by atoms with Gasteiger partial charge in [-0.2, -0.15) is 0 Å². The Morgan fingerprint density at radius 2 is 2.14 bits per heavy atom. The number of hydrogen-bond acceptors (Lipinski definition) is 4. The van der Waals surface area contributed by atoms with Crippen LogP contribution in [0, 0.1) is 0 Å². The molecule has 0 bridgehead atoms. The molecule has 2 atom stereocenters. The molecule has 1 N–H and O–H groups in total. The average Bonchev–Trinajstić information content (AvgIpc) is 3.04. The maximum Gasteiger partial charge on any atom is 0.0991 e. The molecule has 1 aromatic heterocycles. The maximum absolute atomic E-state index is 9.24. The molecule has 0 spiro atoms. The zero-order valence-electron chi connectivity index (χ0n) is 12.2. The van der Waals surface area contributed by atoms with E-state index in [1.807, 2.05) is 10.8 Å². The number of imidazole rings is 1. The van der Waals surface area contributed by atoms with Gasteiger partial charge in [0.2, 0.25) is 0 Å². The van der Waals surface area contributed by atoms with Gasteiger partial charge in [-0.25, -0.2) is 4.98 Å². The molecule has 2 aromatic rings. The third-order valence-electron chi connectivity index (χ3n) is 3.96. The van der Waals surface area contributed by atoms with Gasteiger partial charge in [0.05, 0.1) is 25.6 Å². The van der Waals surface area contributed by atoms with Gasteiger partial charge in [0.1, 0.15) is 0 Å². The molecule has 5 heteroatoms. The van der Waals surface area contributed by atoms with Crippen molar-refractivity contribution in [3.63, 3.8) is 0 Å². The average molecular weight is 287 g/mol. The van der Waals surface area contributed by atoms with Crippen LogP contribution in [0.5, 0.6) is 0 Å². The first-order valence-electron chi connectivity index (χ1n) is 7.30. The Morgan fingerprint density at radius 3 is 2.81 bits per heavy atom. The molecule has 3 rings (SSSR count). The van der Waals surface area contributed by atoms with Crippen LogP contribution in [0.3, 0.4) is 0 Å². The molecule has 2 unspecified atom stereocenters. The van der Waals surface area contributed by atoms with Crippen LogP contribution < -0.4 is 0 Å². The van der Waals surface area contributed by atoms with Crippen molar-refractivity contribution in [3.8, 4) is 5.69 Å². The van der Waals surface area contributed by atoms with Crippen LogP contribution in [0.4, 0.5) is 0 Å². The van der Waals surface area contributed by atoms with Gasteiger partial charge in [0.25, 0.3) is 0 Å². The van der Waals surface area contributed by atoms with Crippen molar-refractivity contribution in [2.24, 2.45) is 0 Å². The smallest absolute Gasteiger partial charge is 0.0991 e. The van der Waals surface area contributed by atoms with Gasteiger partial charge in [-0.15, -0.1) is 0 Å². The van der Waals surface area contributed by atoms with Crippen molar-refractivity contribution in [2.75, 3.05) is 19.8 Å². The molecule has 1 aromatic carbocycles. The van der Waals surface area contributed by atoms with Crippen LogP contribution in [0.2, 0.25) is 0 Å². The molecule has 1 aliphatic heterocycles. The number of rotatable bonds is 4. The predicted octanol–water partition coefficient (Wildman–Crippen LogP) is 1.45. The number of ether oxygens (including phenoxy) is 1. The highest BCUT2D eigenvalue weighted by Gasteiger charge is 2.25. The summed E-state index contributed by atoms with van der Waals surface area (Å²) < 4.78 is 7.56. The van der Waals surface area contributed by atoms with E-state index >= 15 is 0 Å². The molecule has 112 valence electrons. The van der Waals surface area contributed by atoms with E-state index in [0.29, 0.717) is 12.6 Å². The second-order valence-corrected chi connectivity index (χ2v) is 5.55. The number of aliphatic hydroxyl groups excluding tert-OH is 1. The fourth-order valence-corrected chi connectivity index (χ4v) is 2.63. The Balaban J connectivity index is 1.67. The molecule has 21 heavy (non-hydrogen) atoms. The van der Waals surface area contributed by atoms with Gasteiger partial charge in [0, 0.05) is 37.2 Å². The molecule has 1 fully saturated rings. The van der Waals surface area contributed by atoms with Crippen molar-refractivity contribution in [2.45, 2.75) is 25.6 Å². The zero-order chi connectivity index (χ0) is 14.7. The zero-order valence-corrected chi connectivity index (χ0v) is 12.2. The van der Waals surface area contributed by atoms with Crippen LogP contribution in [0.1, 0.15) is 12.5 Å². The predicted molar refractivity (Wildman–Crippen MR) is 80.3 cm³/mol. The topological polar surface area (TPSA) is 50.5 Å². The van der Waals surface area contributed by atoms with E-state index in [2.05, 4.69) is 41.1 Å². The monoisotopic (exact) mass is 287 g/mol. The lowest BCUT2D eigenvalue weighted by molar-refractivity contribution is -0.0805. The summed E-state index contributed by atoms with van der Waals surface area (Å²) >= 11 is 0. The second-order valence-electron chi connectivity index (χ2n) is 5.55. The van der Waals surface area contributed by atoms with Crippen LogP contribution >= 0.6 is 0 Å². The summed E-state index contributed by atoms with van der Waals surface area (Å²) in [5.41, 5.74) is 2.38. The van der Waals surface area contributed by atoms with E-state index in [1.165, 1.54) is 5.56 Å². The highest BCUT2D eigenvalue weighted by molar-refractivity contribution is 5.34. The first-order valence-corrected chi connectivity index (χ1v) is 7.30. The van der Waals surface area contributed by atoms with Crippen LogP contribution in [-0.2, 0) is 11.3 Å². The number of morpholine rings is 1. The SMILES string of the molecule is CC1COC(CO)CN1Cc1ccc(-n2ccnc2)cc1. The summed E-state index contributed by atoms with van der Waals surface area (Å²) in [4.78, 5) is 6.42. The Labute approximate surface area is 124 Å². The molecule has 1 aliphatic rings. The first kappa shape index (κ1) is 14.3. The molecule has 0 radical (unpaired) electrons. The summed E-state index contributed by atoms with van der Waals surface area (Å²) in [5, 5.41) is 9.24. The van der Waals surface area contributed by atoms with E-state index in [1.54, 1.807) is 12.5 Å². The van der Waals surface area contributed by atoms with Gasteiger partial charge < -0.3 is 14.4 Å².